The maximum Gasteiger partial charge on any atom is 0.0615 e. The minimum atomic E-state index is 0.466. The highest BCUT2D eigenvalue weighted by Crippen LogP contribution is 2.20. The fourth-order valence-electron chi connectivity index (χ4n) is 1.98. The Morgan fingerprint density at radius 3 is 2.39 bits per heavy atom. The fourth-order valence-corrected chi connectivity index (χ4v) is 1.98. The Balaban J connectivity index is 2.41. The highest BCUT2D eigenvalue weighted by Gasteiger charge is 2.11. The van der Waals surface area contributed by atoms with Gasteiger partial charge in [-0.1, -0.05) is 19.1 Å². The van der Waals surface area contributed by atoms with Crippen molar-refractivity contribution in [1.82, 2.24) is 4.90 Å². The molecule has 0 saturated heterocycles. The Morgan fingerprint density at radius 2 is 1.83 bits per heavy atom. The predicted octanol–water partition coefficient (Wildman–Crippen LogP) is 2.73. The summed E-state index contributed by atoms with van der Waals surface area (Å²) in [5.41, 5.74) is 7.89. The lowest BCUT2D eigenvalue weighted by molar-refractivity contribution is 0.114. The van der Waals surface area contributed by atoms with Gasteiger partial charge in [-0.15, -0.1) is 0 Å². The van der Waals surface area contributed by atoms with Crippen LogP contribution in [0.25, 0.3) is 0 Å². The number of benzene rings is 1. The van der Waals surface area contributed by atoms with Crippen molar-refractivity contribution in [2.24, 2.45) is 0 Å². The molecule has 1 rings (SSSR count). The fraction of sp³-hybridized carbons (Fsp3) is 0.600. The van der Waals surface area contributed by atoms with E-state index in [1.807, 2.05) is 12.1 Å². The van der Waals surface area contributed by atoms with E-state index in [4.69, 9.17) is 10.5 Å². The van der Waals surface area contributed by atoms with Gasteiger partial charge in [0.25, 0.3) is 0 Å². The van der Waals surface area contributed by atoms with E-state index in [0.29, 0.717) is 12.0 Å². The monoisotopic (exact) mass is 250 g/mol. The Labute approximate surface area is 111 Å². The molecule has 3 heteroatoms. The highest BCUT2D eigenvalue weighted by molar-refractivity contribution is 5.40. The molecule has 0 bridgehead atoms. The molecule has 0 radical (unpaired) electrons. The van der Waals surface area contributed by atoms with Gasteiger partial charge in [-0.25, -0.2) is 0 Å². The van der Waals surface area contributed by atoms with E-state index in [1.54, 1.807) is 7.11 Å². The maximum atomic E-state index is 5.70. The van der Waals surface area contributed by atoms with E-state index in [-0.39, 0.29) is 0 Å². The summed E-state index contributed by atoms with van der Waals surface area (Å²) < 4.78 is 5.17. The van der Waals surface area contributed by atoms with Gasteiger partial charge in [0.1, 0.15) is 0 Å². The van der Waals surface area contributed by atoms with Crippen molar-refractivity contribution >= 4 is 5.69 Å². The van der Waals surface area contributed by atoms with Crippen molar-refractivity contribution in [3.8, 4) is 0 Å². The van der Waals surface area contributed by atoms with Crippen LogP contribution in [0.4, 0.5) is 5.69 Å². The minimum absolute atomic E-state index is 0.466. The number of ether oxygens (including phenoxy) is 1. The molecule has 0 spiro atoms. The summed E-state index contributed by atoms with van der Waals surface area (Å²) in [6.45, 7) is 6.32. The molecule has 0 aliphatic heterocycles. The average Bonchev–Trinajstić information content (AvgIpc) is 2.36. The number of hydrogen-bond acceptors (Lipinski definition) is 3. The zero-order chi connectivity index (χ0) is 13.5. The van der Waals surface area contributed by atoms with E-state index in [0.717, 1.165) is 25.3 Å². The Hall–Kier alpha value is -1.06. The molecule has 102 valence electrons. The summed E-state index contributed by atoms with van der Waals surface area (Å²) in [7, 11) is 3.90. The predicted molar refractivity (Wildman–Crippen MR) is 77.9 cm³/mol. The number of hydrogen-bond donors (Lipinski definition) is 1. The van der Waals surface area contributed by atoms with Gasteiger partial charge in [-0.2, -0.15) is 0 Å². The number of nitrogens with two attached hydrogens (primary N) is 1. The smallest absolute Gasteiger partial charge is 0.0615 e. The number of nitrogen functional groups attached to an aromatic ring is 1. The van der Waals surface area contributed by atoms with E-state index < -0.39 is 0 Å². The highest BCUT2D eigenvalue weighted by atomic mass is 16.5. The van der Waals surface area contributed by atoms with Gasteiger partial charge in [-0.05, 0) is 50.6 Å². The maximum absolute atomic E-state index is 5.70. The number of likely N-dealkylation sites (N-methyl/N-ethyl adjacent to an activating group) is 1. The molecule has 3 nitrogen and oxygen atoms in total. The molecule has 1 aromatic carbocycles. The minimum Gasteiger partial charge on any atom is -0.399 e. The van der Waals surface area contributed by atoms with Crippen LogP contribution in [-0.4, -0.2) is 38.3 Å². The summed E-state index contributed by atoms with van der Waals surface area (Å²) in [5, 5.41) is 0. The van der Waals surface area contributed by atoms with Gasteiger partial charge in [-0.3, -0.25) is 0 Å². The molecule has 2 unspecified atom stereocenters. The van der Waals surface area contributed by atoms with Gasteiger partial charge < -0.3 is 15.4 Å². The molecule has 18 heavy (non-hydrogen) atoms. The largest absolute Gasteiger partial charge is 0.399 e. The number of nitrogens with zero attached hydrogens (tertiary/aromatic N) is 1. The molecule has 0 aromatic heterocycles. The molecular formula is C15H26N2O. The Bertz CT molecular complexity index is 337. The first-order valence-electron chi connectivity index (χ1n) is 6.59. The normalized spacial score (nSPS) is 14.7. The van der Waals surface area contributed by atoms with Crippen LogP contribution in [0.3, 0.4) is 0 Å². The quantitative estimate of drug-likeness (QED) is 0.756. The SMILES string of the molecule is COCC(C)N(C)CCC(C)c1ccc(N)cc1. The molecule has 2 N–H and O–H groups in total. The van der Waals surface area contributed by atoms with Gasteiger partial charge in [0.2, 0.25) is 0 Å². The first-order chi connectivity index (χ1) is 8.54. The lowest BCUT2D eigenvalue weighted by atomic mass is 9.97. The van der Waals surface area contributed by atoms with Crippen LogP contribution in [0.15, 0.2) is 24.3 Å². The van der Waals surface area contributed by atoms with E-state index in [2.05, 4.69) is 37.9 Å². The summed E-state index contributed by atoms with van der Waals surface area (Å²) in [5.74, 6) is 0.558. The van der Waals surface area contributed by atoms with Gasteiger partial charge in [0, 0.05) is 18.8 Å². The number of methoxy groups -OCH3 is 1. The third-order valence-corrected chi connectivity index (χ3v) is 3.58. The van der Waals surface area contributed by atoms with Crippen LogP contribution >= 0.6 is 0 Å². The van der Waals surface area contributed by atoms with Crippen LogP contribution < -0.4 is 5.73 Å². The summed E-state index contributed by atoms with van der Waals surface area (Å²) in [6.07, 6.45) is 1.15. The molecule has 0 fully saturated rings. The van der Waals surface area contributed by atoms with E-state index >= 15 is 0 Å². The average molecular weight is 250 g/mol. The molecule has 2 atom stereocenters. The van der Waals surface area contributed by atoms with Crippen LogP contribution in [0.2, 0.25) is 0 Å². The van der Waals surface area contributed by atoms with Crippen molar-refractivity contribution in [2.45, 2.75) is 32.2 Å². The van der Waals surface area contributed by atoms with Gasteiger partial charge >= 0.3 is 0 Å². The third-order valence-electron chi connectivity index (χ3n) is 3.58. The van der Waals surface area contributed by atoms with E-state index in [1.165, 1.54) is 5.56 Å². The summed E-state index contributed by atoms with van der Waals surface area (Å²) >= 11 is 0. The number of rotatable bonds is 7. The molecule has 0 amide bonds. The summed E-state index contributed by atoms with van der Waals surface area (Å²) in [4.78, 5) is 2.34. The lowest BCUT2D eigenvalue weighted by Crippen LogP contribution is -2.33. The number of anilines is 1. The molecule has 1 aromatic rings. The van der Waals surface area contributed by atoms with Crippen molar-refractivity contribution in [1.29, 1.82) is 0 Å². The standard InChI is InChI=1S/C15H26N2O/c1-12(14-5-7-15(16)8-6-14)9-10-17(3)13(2)11-18-4/h5-8,12-13H,9-11,16H2,1-4H3. The van der Waals surface area contributed by atoms with Gasteiger partial charge in [0.15, 0.2) is 0 Å². The second-order valence-electron chi connectivity index (χ2n) is 5.14. The van der Waals surface area contributed by atoms with Crippen molar-refractivity contribution < 1.29 is 4.74 Å². The Morgan fingerprint density at radius 1 is 1.22 bits per heavy atom. The molecule has 0 heterocycles. The zero-order valence-corrected chi connectivity index (χ0v) is 12.0. The second-order valence-corrected chi connectivity index (χ2v) is 5.14. The van der Waals surface area contributed by atoms with Crippen LogP contribution in [0.5, 0.6) is 0 Å². The molecule has 0 saturated carbocycles. The van der Waals surface area contributed by atoms with Gasteiger partial charge in [0.05, 0.1) is 6.61 Å². The van der Waals surface area contributed by atoms with Crippen molar-refractivity contribution in [3.05, 3.63) is 29.8 Å². The van der Waals surface area contributed by atoms with Crippen LogP contribution in [0, 0.1) is 0 Å². The second kappa shape index (κ2) is 7.39. The Kier molecular flexibility index (Phi) is 6.16. The lowest BCUT2D eigenvalue weighted by Gasteiger charge is -2.25. The molecule has 0 aliphatic rings. The van der Waals surface area contributed by atoms with E-state index in [9.17, 15) is 0 Å². The third kappa shape index (κ3) is 4.67. The first kappa shape index (κ1) is 15.0. The molecule has 0 aliphatic carbocycles. The van der Waals surface area contributed by atoms with Crippen molar-refractivity contribution in [3.63, 3.8) is 0 Å². The van der Waals surface area contributed by atoms with Crippen LogP contribution in [0.1, 0.15) is 31.7 Å². The molecular weight excluding hydrogens is 224 g/mol. The topological polar surface area (TPSA) is 38.5 Å². The summed E-state index contributed by atoms with van der Waals surface area (Å²) in [6, 6.07) is 8.66. The first-order valence-corrected chi connectivity index (χ1v) is 6.59. The van der Waals surface area contributed by atoms with Crippen molar-refractivity contribution in [2.75, 3.05) is 33.0 Å². The zero-order valence-electron chi connectivity index (χ0n) is 12.0. The van der Waals surface area contributed by atoms with Crippen LogP contribution in [-0.2, 0) is 4.74 Å².